The predicted octanol–water partition coefficient (Wildman–Crippen LogP) is 1.76. The molecule has 0 aliphatic rings. The fourth-order valence-electron chi connectivity index (χ4n) is 1.74. The first-order valence-corrected chi connectivity index (χ1v) is 7.03. The molecule has 1 amide bonds. The lowest BCUT2D eigenvalue weighted by Gasteiger charge is -2.33. The van der Waals surface area contributed by atoms with Crippen LogP contribution in [0, 0.1) is 5.92 Å². The molecule has 1 aromatic rings. The second kappa shape index (κ2) is 7.22. The highest BCUT2D eigenvalue weighted by Gasteiger charge is 2.28. The molecule has 0 radical (unpaired) electrons. The van der Waals surface area contributed by atoms with Crippen LogP contribution >= 0.6 is 0 Å². The van der Waals surface area contributed by atoms with Crippen molar-refractivity contribution in [2.45, 2.75) is 33.2 Å². The molecule has 116 valence electrons. The molecule has 0 aromatic heterocycles. The van der Waals surface area contributed by atoms with E-state index in [1.165, 1.54) is 6.92 Å². The Morgan fingerprint density at radius 2 is 2.05 bits per heavy atom. The lowest BCUT2D eigenvalue weighted by atomic mass is 9.88. The van der Waals surface area contributed by atoms with Crippen LogP contribution in [0.1, 0.15) is 38.1 Å². The minimum Gasteiger partial charge on any atom is -0.484 e. The van der Waals surface area contributed by atoms with Gasteiger partial charge in [0.2, 0.25) is 0 Å². The lowest BCUT2D eigenvalue weighted by Crippen LogP contribution is -2.56. The molecule has 0 heterocycles. The number of ether oxygens (including phenoxy) is 1. The Bertz CT molecular complexity index is 514. The van der Waals surface area contributed by atoms with Crippen molar-refractivity contribution < 1.29 is 14.3 Å². The predicted molar refractivity (Wildman–Crippen MR) is 82.4 cm³/mol. The molecule has 0 bridgehead atoms. The van der Waals surface area contributed by atoms with Crippen molar-refractivity contribution in [3.05, 3.63) is 29.8 Å². The monoisotopic (exact) mass is 292 g/mol. The Hall–Kier alpha value is -1.88. The van der Waals surface area contributed by atoms with Gasteiger partial charge in [-0.3, -0.25) is 9.59 Å². The Morgan fingerprint density at radius 1 is 1.38 bits per heavy atom. The first kappa shape index (κ1) is 17.2. The van der Waals surface area contributed by atoms with Gasteiger partial charge in [-0.05, 0) is 31.9 Å². The highest BCUT2D eigenvalue weighted by atomic mass is 16.5. The van der Waals surface area contributed by atoms with Crippen molar-refractivity contribution in [1.29, 1.82) is 0 Å². The quantitative estimate of drug-likeness (QED) is 0.750. The van der Waals surface area contributed by atoms with Gasteiger partial charge in [0.1, 0.15) is 5.75 Å². The number of benzene rings is 1. The maximum atomic E-state index is 12.0. The molecule has 5 heteroatoms. The van der Waals surface area contributed by atoms with Crippen molar-refractivity contribution >= 4 is 11.7 Å². The summed E-state index contributed by atoms with van der Waals surface area (Å²) in [5.74, 6) is 0.439. The molecule has 1 atom stereocenters. The third-order valence-corrected chi connectivity index (χ3v) is 3.73. The number of amides is 1. The van der Waals surface area contributed by atoms with Gasteiger partial charge in [0.15, 0.2) is 12.4 Å². The second-order valence-corrected chi connectivity index (χ2v) is 5.70. The average Bonchev–Trinajstić information content (AvgIpc) is 2.45. The van der Waals surface area contributed by atoms with E-state index in [4.69, 9.17) is 10.5 Å². The molecule has 0 aliphatic carbocycles. The lowest BCUT2D eigenvalue weighted by molar-refractivity contribution is -0.125. The molecule has 0 fully saturated rings. The van der Waals surface area contributed by atoms with E-state index in [9.17, 15) is 9.59 Å². The fraction of sp³-hybridized carbons (Fsp3) is 0.500. The van der Waals surface area contributed by atoms with E-state index in [0.717, 1.165) is 0 Å². The molecular weight excluding hydrogens is 268 g/mol. The summed E-state index contributed by atoms with van der Waals surface area (Å²) >= 11 is 0. The smallest absolute Gasteiger partial charge is 0.258 e. The standard InChI is InChI=1S/C16H24N2O3/c1-11(2)16(4,10-17)18-15(20)9-21-14-7-5-6-13(8-14)12(3)19/h5-8,11H,9-10,17H2,1-4H3,(H,18,20). The van der Waals surface area contributed by atoms with Gasteiger partial charge in [-0.25, -0.2) is 0 Å². The van der Waals surface area contributed by atoms with E-state index < -0.39 is 5.54 Å². The van der Waals surface area contributed by atoms with Crippen molar-refractivity contribution in [1.82, 2.24) is 5.32 Å². The molecule has 0 saturated heterocycles. The summed E-state index contributed by atoms with van der Waals surface area (Å²) in [6.07, 6.45) is 0. The van der Waals surface area contributed by atoms with Crippen LogP contribution in [0.5, 0.6) is 5.75 Å². The summed E-state index contributed by atoms with van der Waals surface area (Å²) in [5.41, 5.74) is 5.82. The van der Waals surface area contributed by atoms with Gasteiger partial charge in [-0.1, -0.05) is 26.0 Å². The molecule has 0 saturated carbocycles. The van der Waals surface area contributed by atoms with Crippen LogP contribution in [-0.4, -0.2) is 30.4 Å². The van der Waals surface area contributed by atoms with Gasteiger partial charge in [0.25, 0.3) is 5.91 Å². The Morgan fingerprint density at radius 3 is 2.57 bits per heavy atom. The van der Waals surface area contributed by atoms with Crippen LogP contribution in [0.15, 0.2) is 24.3 Å². The molecule has 3 N–H and O–H groups in total. The van der Waals surface area contributed by atoms with Crippen molar-refractivity contribution in [3.63, 3.8) is 0 Å². The maximum Gasteiger partial charge on any atom is 0.258 e. The van der Waals surface area contributed by atoms with E-state index in [2.05, 4.69) is 5.32 Å². The van der Waals surface area contributed by atoms with Crippen LogP contribution in [0.25, 0.3) is 0 Å². The van der Waals surface area contributed by atoms with E-state index in [1.807, 2.05) is 20.8 Å². The van der Waals surface area contributed by atoms with Crippen LogP contribution in [0.4, 0.5) is 0 Å². The minimum atomic E-state index is -0.457. The van der Waals surface area contributed by atoms with Gasteiger partial charge in [0, 0.05) is 12.1 Å². The van der Waals surface area contributed by atoms with Crippen molar-refractivity contribution in [3.8, 4) is 5.75 Å². The number of nitrogens with two attached hydrogens (primary N) is 1. The fourth-order valence-corrected chi connectivity index (χ4v) is 1.74. The molecule has 1 aromatic carbocycles. The number of hydrogen-bond acceptors (Lipinski definition) is 4. The van der Waals surface area contributed by atoms with Gasteiger partial charge < -0.3 is 15.8 Å². The topological polar surface area (TPSA) is 81.4 Å². The molecule has 0 spiro atoms. The minimum absolute atomic E-state index is 0.0413. The zero-order chi connectivity index (χ0) is 16.0. The third-order valence-electron chi connectivity index (χ3n) is 3.73. The number of ketones is 1. The number of carbonyl (C=O) groups excluding carboxylic acids is 2. The first-order chi connectivity index (χ1) is 9.78. The highest BCUT2D eigenvalue weighted by molar-refractivity contribution is 5.94. The van der Waals surface area contributed by atoms with Crippen LogP contribution in [0.3, 0.4) is 0 Å². The summed E-state index contributed by atoms with van der Waals surface area (Å²) in [6.45, 7) is 7.65. The van der Waals surface area contributed by atoms with Crippen LogP contribution < -0.4 is 15.8 Å². The number of rotatable bonds is 7. The second-order valence-electron chi connectivity index (χ2n) is 5.70. The Balaban J connectivity index is 2.61. The Kier molecular flexibility index (Phi) is 5.90. The Labute approximate surface area is 125 Å². The summed E-state index contributed by atoms with van der Waals surface area (Å²) < 4.78 is 5.42. The molecule has 5 nitrogen and oxygen atoms in total. The van der Waals surface area contributed by atoms with Crippen molar-refractivity contribution in [2.75, 3.05) is 13.2 Å². The third kappa shape index (κ3) is 4.86. The summed E-state index contributed by atoms with van der Waals surface area (Å²) in [6, 6.07) is 6.77. The molecular formula is C16H24N2O3. The summed E-state index contributed by atoms with van der Waals surface area (Å²) in [5, 5.41) is 2.89. The van der Waals surface area contributed by atoms with Gasteiger partial charge >= 0.3 is 0 Å². The number of nitrogens with one attached hydrogen (secondary N) is 1. The van der Waals surface area contributed by atoms with Gasteiger partial charge in [-0.2, -0.15) is 0 Å². The van der Waals surface area contributed by atoms with Crippen LogP contribution in [0.2, 0.25) is 0 Å². The molecule has 0 aliphatic heterocycles. The number of carbonyl (C=O) groups is 2. The first-order valence-electron chi connectivity index (χ1n) is 7.03. The molecule has 1 rings (SSSR count). The van der Waals surface area contributed by atoms with Gasteiger partial charge in [-0.15, -0.1) is 0 Å². The normalized spacial score (nSPS) is 13.6. The van der Waals surface area contributed by atoms with Crippen molar-refractivity contribution in [2.24, 2.45) is 11.7 Å². The largest absolute Gasteiger partial charge is 0.484 e. The van der Waals surface area contributed by atoms with E-state index in [-0.39, 0.29) is 24.2 Å². The average molecular weight is 292 g/mol. The summed E-state index contributed by atoms with van der Waals surface area (Å²) in [7, 11) is 0. The molecule has 21 heavy (non-hydrogen) atoms. The highest BCUT2D eigenvalue weighted by Crippen LogP contribution is 2.16. The van der Waals surface area contributed by atoms with Crippen LogP contribution in [-0.2, 0) is 4.79 Å². The van der Waals surface area contributed by atoms with Gasteiger partial charge in [0.05, 0.1) is 5.54 Å². The number of hydrogen-bond donors (Lipinski definition) is 2. The molecule has 1 unspecified atom stereocenters. The maximum absolute atomic E-state index is 12.0. The van der Waals surface area contributed by atoms with E-state index in [1.54, 1.807) is 24.3 Å². The van der Waals surface area contributed by atoms with E-state index >= 15 is 0 Å². The zero-order valence-electron chi connectivity index (χ0n) is 13.1. The summed E-state index contributed by atoms with van der Waals surface area (Å²) in [4.78, 5) is 23.2. The SMILES string of the molecule is CC(=O)c1cccc(OCC(=O)NC(C)(CN)C(C)C)c1. The zero-order valence-corrected chi connectivity index (χ0v) is 13.1. The van der Waals surface area contributed by atoms with E-state index in [0.29, 0.717) is 17.9 Å². The number of Topliss-reactive ketones (excluding diaryl/α,β-unsaturated/α-hetero) is 1.